The Morgan fingerprint density at radius 1 is 0.875 bits per heavy atom. The van der Waals surface area contributed by atoms with Crippen LogP contribution in [0.25, 0.3) is 0 Å². The molecule has 0 aromatic heterocycles. The summed E-state index contributed by atoms with van der Waals surface area (Å²) in [5, 5.41) is 4.04. The number of carbonyl (C=O) groups excluding carboxylic acids is 2. The van der Waals surface area contributed by atoms with Gasteiger partial charge in [0.25, 0.3) is 0 Å². The second-order valence-electron chi connectivity index (χ2n) is 7.52. The summed E-state index contributed by atoms with van der Waals surface area (Å²) in [7, 11) is 0. The van der Waals surface area contributed by atoms with Crippen LogP contribution < -0.4 is 5.32 Å². The van der Waals surface area contributed by atoms with E-state index < -0.39 is 6.04 Å². The van der Waals surface area contributed by atoms with Gasteiger partial charge in [-0.3, -0.25) is 9.59 Å². The predicted molar refractivity (Wildman–Crippen MR) is 130 cm³/mol. The molecule has 0 aliphatic heterocycles. The zero-order chi connectivity index (χ0) is 22.9. The molecule has 6 heteroatoms. The molecule has 0 bridgehead atoms. The van der Waals surface area contributed by atoms with E-state index in [1.165, 1.54) is 0 Å². The molecule has 1 unspecified atom stereocenters. The minimum Gasteiger partial charge on any atom is -0.355 e. The van der Waals surface area contributed by atoms with E-state index in [-0.39, 0.29) is 24.8 Å². The maximum absolute atomic E-state index is 13.5. The van der Waals surface area contributed by atoms with Crippen LogP contribution in [0.1, 0.15) is 23.6 Å². The first-order valence-electron chi connectivity index (χ1n) is 10.6. The number of hydrogen-bond donors (Lipinski definition) is 1. The first kappa shape index (κ1) is 23.8. The third kappa shape index (κ3) is 6.59. The number of carbonyl (C=O) groups is 2. The van der Waals surface area contributed by atoms with Gasteiger partial charge in [0.2, 0.25) is 11.8 Å². The van der Waals surface area contributed by atoms with Gasteiger partial charge in [-0.05, 0) is 41.8 Å². The molecule has 0 saturated heterocycles. The fraction of sp³-hybridized carbons (Fsp3) is 0.231. The second kappa shape index (κ2) is 11.7. The summed E-state index contributed by atoms with van der Waals surface area (Å²) < 4.78 is 0. The number of benzene rings is 3. The van der Waals surface area contributed by atoms with Gasteiger partial charge in [-0.1, -0.05) is 83.9 Å². The average molecular weight is 469 g/mol. The van der Waals surface area contributed by atoms with E-state index in [1.807, 2.05) is 67.6 Å². The Kier molecular flexibility index (Phi) is 8.72. The van der Waals surface area contributed by atoms with E-state index in [0.717, 1.165) is 16.7 Å². The van der Waals surface area contributed by atoms with E-state index in [0.29, 0.717) is 23.0 Å². The Morgan fingerprint density at radius 3 is 2.19 bits per heavy atom. The smallest absolute Gasteiger partial charge is 0.243 e. The molecule has 166 valence electrons. The van der Waals surface area contributed by atoms with Crippen molar-refractivity contribution in [1.82, 2.24) is 10.2 Å². The molecule has 0 saturated carbocycles. The molecule has 0 aliphatic rings. The fourth-order valence-corrected chi connectivity index (χ4v) is 3.87. The molecule has 1 N–H and O–H groups in total. The van der Waals surface area contributed by atoms with Crippen LogP contribution >= 0.6 is 23.2 Å². The van der Waals surface area contributed by atoms with Crippen molar-refractivity contribution < 1.29 is 9.59 Å². The molecule has 3 aromatic carbocycles. The van der Waals surface area contributed by atoms with E-state index >= 15 is 0 Å². The zero-order valence-corrected chi connectivity index (χ0v) is 19.4. The molecule has 3 rings (SSSR count). The molecule has 2 amide bonds. The Bertz CT molecular complexity index is 1040. The second-order valence-corrected chi connectivity index (χ2v) is 8.36. The Balaban J connectivity index is 1.95. The number of amides is 2. The number of hydrogen-bond acceptors (Lipinski definition) is 2. The van der Waals surface area contributed by atoms with Crippen molar-refractivity contribution in [2.24, 2.45) is 0 Å². The largest absolute Gasteiger partial charge is 0.355 e. The van der Waals surface area contributed by atoms with Gasteiger partial charge in [-0.15, -0.1) is 0 Å². The standard InChI is InChI=1S/C26H26Cl2N2O2/c1-2-29-26(32)24(16-19-8-4-3-5-9-19)30(18-20-12-14-22(27)15-13-20)25(31)17-21-10-6-7-11-23(21)28/h3-15,24H,2,16-18H2,1H3,(H,29,32). The summed E-state index contributed by atoms with van der Waals surface area (Å²) in [6.45, 7) is 2.64. The highest BCUT2D eigenvalue weighted by Crippen LogP contribution is 2.20. The third-order valence-electron chi connectivity index (χ3n) is 5.19. The minimum atomic E-state index is -0.664. The van der Waals surface area contributed by atoms with Crippen molar-refractivity contribution in [1.29, 1.82) is 0 Å². The monoisotopic (exact) mass is 468 g/mol. The maximum atomic E-state index is 13.5. The van der Waals surface area contributed by atoms with Crippen LogP contribution in [-0.2, 0) is 29.0 Å². The van der Waals surface area contributed by atoms with Crippen LogP contribution in [0.2, 0.25) is 10.0 Å². The topological polar surface area (TPSA) is 49.4 Å². The van der Waals surface area contributed by atoms with Crippen LogP contribution in [0, 0.1) is 0 Å². The van der Waals surface area contributed by atoms with Gasteiger partial charge in [-0.25, -0.2) is 0 Å². The van der Waals surface area contributed by atoms with Crippen LogP contribution in [0.5, 0.6) is 0 Å². The summed E-state index contributed by atoms with van der Waals surface area (Å²) in [5.41, 5.74) is 2.61. The van der Waals surface area contributed by atoms with Crippen LogP contribution in [0.3, 0.4) is 0 Å². The minimum absolute atomic E-state index is 0.109. The molecule has 0 spiro atoms. The zero-order valence-electron chi connectivity index (χ0n) is 17.9. The fourth-order valence-electron chi connectivity index (χ4n) is 3.54. The van der Waals surface area contributed by atoms with Gasteiger partial charge in [0.15, 0.2) is 0 Å². The summed E-state index contributed by atoms with van der Waals surface area (Å²) >= 11 is 12.3. The van der Waals surface area contributed by atoms with Crippen molar-refractivity contribution in [2.75, 3.05) is 6.54 Å². The van der Waals surface area contributed by atoms with Crippen LogP contribution in [-0.4, -0.2) is 29.3 Å². The van der Waals surface area contributed by atoms with Gasteiger partial charge in [-0.2, -0.15) is 0 Å². The molecule has 0 fully saturated rings. The highest BCUT2D eigenvalue weighted by Gasteiger charge is 2.30. The average Bonchev–Trinajstić information content (AvgIpc) is 2.79. The molecule has 0 aliphatic carbocycles. The first-order chi connectivity index (χ1) is 15.5. The van der Waals surface area contributed by atoms with Crippen molar-refractivity contribution in [3.8, 4) is 0 Å². The molecular weight excluding hydrogens is 443 g/mol. The number of likely N-dealkylation sites (N-methyl/N-ethyl adjacent to an activating group) is 1. The van der Waals surface area contributed by atoms with Gasteiger partial charge in [0.1, 0.15) is 6.04 Å². The third-order valence-corrected chi connectivity index (χ3v) is 5.81. The molecule has 0 radical (unpaired) electrons. The lowest BCUT2D eigenvalue weighted by molar-refractivity contribution is -0.140. The Labute approximate surface area is 199 Å². The van der Waals surface area contributed by atoms with Crippen molar-refractivity contribution in [3.05, 3.63) is 106 Å². The molecule has 1 atom stereocenters. The van der Waals surface area contributed by atoms with E-state index in [9.17, 15) is 9.59 Å². The molecular formula is C26H26Cl2N2O2. The number of nitrogens with zero attached hydrogens (tertiary/aromatic N) is 1. The highest BCUT2D eigenvalue weighted by atomic mass is 35.5. The van der Waals surface area contributed by atoms with Crippen molar-refractivity contribution in [2.45, 2.75) is 32.4 Å². The number of rotatable bonds is 9. The van der Waals surface area contributed by atoms with Gasteiger partial charge in [0.05, 0.1) is 6.42 Å². The van der Waals surface area contributed by atoms with Crippen molar-refractivity contribution >= 4 is 35.0 Å². The Morgan fingerprint density at radius 2 is 1.53 bits per heavy atom. The molecule has 4 nitrogen and oxygen atoms in total. The number of halogens is 2. The lowest BCUT2D eigenvalue weighted by atomic mass is 10.0. The van der Waals surface area contributed by atoms with E-state index in [2.05, 4.69) is 5.32 Å². The maximum Gasteiger partial charge on any atom is 0.243 e. The number of nitrogens with one attached hydrogen (secondary N) is 1. The SMILES string of the molecule is CCNC(=O)C(Cc1ccccc1)N(Cc1ccc(Cl)cc1)C(=O)Cc1ccccc1Cl. The highest BCUT2D eigenvalue weighted by molar-refractivity contribution is 6.31. The van der Waals surface area contributed by atoms with E-state index in [1.54, 1.807) is 23.1 Å². The summed E-state index contributed by atoms with van der Waals surface area (Å²) in [4.78, 5) is 28.3. The molecule has 0 heterocycles. The summed E-state index contributed by atoms with van der Waals surface area (Å²) in [6, 6.07) is 23.6. The Hall–Kier alpha value is -2.82. The summed E-state index contributed by atoms with van der Waals surface area (Å²) in [5.74, 6) is -0.349. The van der Waals surface area contributed by atoms with Crippen LogP contribution in [0.15, 0.2) is 78.9 Å². The quantitative estimate of drug-likeness (QED) is 0.462. The molecule has 3 aromatic rings. The first-order valence-corrected chi connectivity index (χ1v) is 11.3. The van der Waals surface area contributed by atoms with Gasteiger partial charge in [0, 0.05) is 29.6 Å². The predicted octanol–water partition coefficient (Wildman–Crippen LogP) is 5.31. The van der Waals surface area contributed by atoms with Gasteiger partial charge >= 0.3 is 0 Å². The van der Waals surface area contributed by atoms with Gasteiger partial charge < -0.3 is 10.2 Å². The summed E-state index contributed by atoms with van der Waals surface area (Å²) in [6.07, 6.45) is 0.520. The lowest BCUT2D eigenvalue weighted by Gasteiger charge is -2.31. The van der Waals surface area contributed by atoms with E-state index in [4.69, 9.17) is 23.2 Å². The van der Waals surface area contributed by atoms with Crippen molar-refractivity contribution in [3.63, 3.8) is 0 Å². The lowest BCUT2D eigenvalue weighted by Crippen LogP contribution is -2.51. The molecule has 32 heavy (non-hydrogen) atoms. The normalized spacial score (nSPS) is 11.6. The van der Waals surface area contributed by atoms with Crippen LogP contribution in [0.4, 0.5) is 0 Å².